The molecule has 0 aliphatic heterocycles. The van der Waals surface area contributed by atoms with E-state index in [1.807, 2.05) is 0 Å². The van der Waals surface area contributed by atoms with Gasteiger partial charge in [0.1, 0.15) is 0 Å². The predicted octanol–water partition coefficient (Wildman–Crippen LogP) is 3.71. The third kappa shape index (κ3) is 5.65. The van der Waals surface area contributed by atoms with Crippen molar-refractivity contribution < 1.29 is 4.74 Å². The summed E-state index contributed by atoms with van der Waals surface area (Å²) in [5.41, 5.74) is 2.72. The molecule has 2 heteroatoms. The number of benzene rings is 1. The van der Waals surface area contributed by atoms with E-state index in [-0.39, 0.29) is 0 Å². The molecule has 0 saturated carbocycles. The van der Waals surface area contributed by atoms with Crippen molar-refractivity contribution in [2.75, 3.05) is 19.8 Å². The van der Waals surface area contributed by atoms with Gasteiger partial charge in [0.05, 0.1) is 6.61 Å². The van der Waals surface area contributed by atoms with Crippen molar-refractivity contribution in [3.05, 3.63) is 35.4 Å². The summed E-state index contributed by atoms with van der Waals surface area (Å²) in [4.78, 5) is 0. The second-order valence-corrected chi connectivity index (χ2v) is 5.33. The first-order valence-electron chi connectivity index (χ1n) is 6.98. The Morgan fingerprint density at radius 3 is 2.50 bits per heavy atom. The Labute approximate surface area is 112 Å². The van der Waals surface area contributed by atoms with Crippen LogP contribution in [0.1, 0.15) is 44.4 Å². The quantitative estimate of drug-likeness (QED) is 0.709. The number of ether oxygens (including phenoxy) is 1. The van der Waals surface area contributed by atoms with Crippen molar-refractivity contribution in [1.82, 2.24) is 5.32 Å². The Kier molecular flexibility index (Phi) is 6.99. The summed E-state index contributed by atoms with van der Waals surface area (Å²) in [5, 5.41) is 3.50. The Hall–Kier alpha value is -0.860. The van der Waals surface area contributed by atoms with E-state index < -0.39 is 0 Å². The van der Waals surface area contributed by atoms with Crippen molar-refractivity contribution in [3.8, 4) is 0 Å². The topological polar surface area (TPSA) is 21.3 Å². The van der Waals surface area contributed by atoms with Crippen molar-refractivity contribution in [2.45, 2.75) is 40.2 Å². The summed E-state index contributed by atoms with van der Waals surface area (Å²) < 4.78 is 5.60. The zero-order chi connectivity index (χ0) is 13.4. The van der Waals surface area contributed by atoms with E-state index >= 15 is 0 Å². The van der Waals surface area contributed by atoms with Crippen molar-refractivity contribution in [1.29, 1.82) is 0 Å². The van der Waals surface area contributed by atoms with Crippen LogP contribution in [0.4, 0.5) is 0 Å². The Morgan fingerprint density at radius 2 is 1.83 bits per heavy atom. The molecule has 0 fully saturated rings. The summed E-state index contributed by atoms with van der Waals surface area (Å²) in [6, 6.07) is 8.92. The molecule has 0 unspecified atom stereocenters. The fraction of sp³-hybridized carbons (Fsp3) is 0.625. The molecule has 0 amide bonds. The highest BCUT2D eigenvalue weighted by molar-refractivity contribution is 5.28. The number of nitrogens with one attached hydrogen (secondary N) is 1. The van der Waals surface area contributed by atoms with Gasteiger partial charge in [0.15, 0.2) is 0 Å². The first-order chi connectivity index (χ1) is 8.61. The summed E-state index contributed by atoms with van der Waals surface area (Å²) in [7, 11) is 0. The maximum Gasteiger partial charge on any atom is 0.0591 e. The van der Waals surface area contributed by atoms with Crippen LogP contribution in [0, 0.1) is 12.8 Å². The highest BCUT2D eigenvalue weighted by Crippen LogP contribution is 2.16. The van der Waals surface area contributed by atoms with Crippen LogP contribution in [-0.2, 0) is 4.74 Å². The summed E-state index contributed by atoms with van der Waals surface area (Å²) in [6.07, 6.45) is 1.15. The number of hydrogen-bond donors (Lipinski definition) is 1. The van der Waals surface area contributed by atoms with Crippen LogP contribution < -0.4 is 5.32 Å². The SMILES string of the molecule is Cc1ccccc1[C@H](C)NCCOCCC(C)C. The van der Waals surface area contributed by atoms with Gasteiger partial charge in [0.2, 0.25) is 0 Å². The van der Waals surface area contributed by atoms with E-state index in [0.29, 0.717) is 6.04 Å². The van der Waals surface area contributed by atoms with E-state index in [1.165, 1.54) is 11.1 Å². The molecular formula is C16H27NO. The Bertz CT molecular complexity index is 336. The molecule has 0 radical (unpaired) electrons. The Morgan fingerprint density at radius 1 is 1.11 bits per heavy atom. The van der Waals surface area contributed by atoms with Crippen LogP contribution in [0.25, 0.3) is 0 Å². The van der Waals surface area contributed by atoms with Crippen LogP contribution in [-0.4, -0.2) is 19.8 Å². The molecule has 0 aromatic heterocycles. The smallest absolute Gasteiger partial charge is 0.0591 e. The number of hydrogen-bond acceptors (Lipinski definition) is 2. The molecule has 0 heterocycles. The molecule has 102 valence electrons. The van der Waals surface area contributed by atoms with Gasteiger partial charge in [-0.15, -0.1) is 0 Å². The molecule has 0 aliphatic carbocycles. The van der Waals surface area contributed by atoms with Gasteiger partial charge in [-0.05, 0) is 37.3 Å². The average Bonchev–Trinajstić information content (AvgIpc) is 2.33. The lowest BCUT2D eigenvalue weighted by molar-refractivity contribution is 0.123. The van der Waals surface area contributed by atoms with Gasteiger partial charge in [-0.3, -0.25) is 0 Å². The normalized spacial score (nSPS) is 12.9. The number of rotatable bonds is 8. The minimum absolute atomic E-state index is 0.389. The van der Waals surface area contributed by atoms with Gasteiger partial charge in [-0.1, -0.05) is 38.1 Å². The lowest BCUT2D eigenvalue weighted by Crippen LogP contribution is -2.24. The minimum atomic E-state index is 0.389. The fourth-order valence-corrected chi connectivity index (χ4v) is 1.95. The van der Waals surface area contributed by atoms with Gasteiger partial charge in [0.25, 0.3) is 0 Å². The minimum Gasteiger partial charge on any atom is -0.380 e. The highest BCUT2D eigenvalue weighted by Gasteiger charge is 2.06. The van der Waals surface area contributed by atoms with Gasteiger partial charge in [-0.25, -0.2) is 0 Å². The first-order valence-corrected chi connectivity index (χ1v) is 6.98. The highest BCUT2D eigenvalue weighted by atomic mass is 16.5. The van der Waals surface area contributed by atoms with Gasteiger partial charge in [-0.2, -0.15) is 0 Å². The van der Waals surface area contributed by atoms with Crippen molar-refractivity contribution in [3.63, 3.8) is 0 Å². The third-order valence-corrected chi connectivity index (χ3v) is 3.19. The molecule has 2 nitrogen and oxygen atoms in total. The van der Waals surface area contributed by atoms with Crippen molar-refractivity contribution in [2.24, 2.45) is 5.92 Å². The fourth-order valence-electron chi connectivity index (χ4n) is 1.95. The molecule has 1 aromatic carbocycles. The van der Waals surface area contributed by atoms with Crippen LogP contribution in [0.5, 0.6) is 0 Å². The van der Waals surface area contributed by atoms with Crippen LogP contribution in [0.2, 0.25) is 0 Å². The molecule has 1 atom stereocenters. The largest absolute Gasteiger partial charge is 0.380 e. The van der Waals surface area contributed by atoms with Crippen LogP contribution in [0.3, 0.4) is 0 Å². The van der Waals surface area contributed by atoms with E-state index in [2.05, 4.69) is 57.3 Å². The second kappa shape index (κ2) is 8.28. The lowest BCUT2D eigenvalue weighted by Gasteiger charge is -2.16. The zero-order valence-electron chi connectivity index (χ0n) is 12.2. The Balaban J connectivity index is 2.18. The molecule has 0 bridgehead atoms. The van der Waals surface area contributed by atoms with E-state index in [4.69, 9.17) is 4.74 Å². The molecular weight excluding hydrogens is 222 g/mol. The van der Waals surface area contributed by atoms with Crippen LogP contribution >= 0.6 is 0 Å². The first kappa shape index (κ1) is 15.2. The molecule has 0 saturated heterocycles. The number of aryl methyl sites for hydroxylation is 1. The maximum atomic E-state index is 5.60. The molecule has 18 heavy (non-hydrogen) atoms. The van der Waals surface area contributed by atoms with Gasteiger partial charge >= 0.3 is 0 Å². The van der Waals surface area contributed by atoms with Gasteiger partial charge < -0.3 is 10.1 Å². The summed E-state index contributed by atoms with van der Waals surface area (Å²) in [5.74, 6) is 0.726. The van der Waals surface area contributed by atoms with E-state index in [9.17, 15) is 0 Å². The summed E-state index contributed by atoms with van der Waals surface area (Å²) in [6.45, 7) is 11.4. The molecule has 1 N–H and O–H groups in total. The molecule has 0 spiro atoms. The standard InChI is InChI=1S/C16H27NO/c1-13(2)9-11-18-12-10-17-15(4)16-8-6-5-7-14(16)3/h5-8,13,15,17H,9-12H2,1-4H3/t15-/m0/s1. The zero-order valence-corrected chi connectivity index (χ0v) is 12.2. The average molecular weight is 249 g/mol. The van der Waals surface area contributed by atoms with E-state index in [0.717, 1.165) is 32.1 Å². The maximum absolute atomic E-state index is 5.60. The summed E-state index contributed by atoms with van der Waals surface area (Å²) >= 11 is 0. The molecule has 1 rings (SSSR count). The van der Waals surface area contributed by atoms with Crippen LogP contribution in [0.15, 0.2) is 24.3 Å². The lowest BCUT2D eigenvalue weighted by atomic mass is 10.0. The van der Waals surface area contributed by atoms with E-state index in [1.54, 1.807) is 0 Å². The second-order valence-electron chi connectivity index (χ2n) is 5.33. The molecule has 1 aromatic rings. The third-order valence-electron chi connectivity index (χ3n) is 3.19. The predicted molar refractivity (Wildman–Crippen MR) is 77.9 cm³/mol. The van der Waals surface area contributed by atoms with Gasteiger partial charge in [0, 0.05) is 19.2 Å². The van der Waals surface area contributed by atoms with Crippen molar-refractivity contribution >= 4 is 0 Å². The monoisotopic (exact) mass is 249 g/mol. The molecule has 0 aliphatic rings.